The second kappa shape index (κ2) is 4.67. The topological polar surface area (TPSA) is 87.8 Å². The zero-order chi connectivity index (χ0) is 13.3. The molecule has 2 heterocycles. The van der Waals surface area contributed by atoms with E-state index in [4.69, 9.17) is 5.84 Å². The fourth-order valence-corrected chi connectivity index (χ4v) is 2.07. The van der Waals surface area contributed by atoms with Crippen molar-refractivity contribution in [3.8, 4) is 0 Å². The molecule has 0 aromatic carbocycles. The molecule has 2 aromatic rings. The van der Waals surface area contributed by atoms with Gasteiger partial charge in [0.1, 0.15) is 6.33 Å². The Hall–Kier alpha value is -2.05. The van der Waals surface area contributed by atoms with Crippen molar-refractivity contribution in [2.45, 2.75) is 39.8 Å². The van der Waals surface area contributed by atoms with Crippen LogP contribution in [-0.4, -0.2) is 18.8 Å². The molecule has 2 N–H and O–H groups in total. The number of hydrogen-bond acceptors (Lipinski definition) is 4. The Bertz CT molecular complexity index is 679. The van der Waals surface area contributed by atoms with Crippen LogP contribution in [0.3, 0.4) is 0 Å². The standard InChI is InChI=1S/C11H17N5O2/c1-3-5-14-9-8(13-7-16(9)12)10(17)15(6-4-2)11(14)18/h7H,3-6,12H2,1-2H3. The van der Waals surface area contributed by atoms with Crippen LogP contribution < -0.4 is 17.1 Å². The fourth-order valence-electron chi connectivity index (χ4n) is 2.07. The van der Waals surface area contributed by atoms with E-state index in [0.29, 0.717) is 18.7 Å². The van der Waals surface area contributed by atoms with Crippen LogP contribution >= 0.6 is 0 Å². The Kier molecular flexibility index (Phi) is 3.22. The second-order valence-corrected chi connectivity index (χ2v) is 4.22. The third-order valence-electron chi connectivity index (χ3n) is 2.83. The van der Waals surface area contributed by atoms with Crippen LogP contribution in [0.25, 0.3) is 11.2 Å². The van der Waals surface area contributed by atoms with Crippen LogP contribution in [0.2, 0.25) is 0 Å². The summed E-state index contributed by atoms with van der Waals surface area (Å²) in [5, 5.41) is 0. The molecule has 0 unspecified atom stereocenters. The van der Waals surface area contributed by atoms with Gasteiger partial charge in [-0.3, -0.25) is 13.9 Å². The number of aryl methyl sites for hydroxylation is 1. The molecule has 98 valence electrons. The highest BCUT2D eigenvalue weighted by molar-refractivity contribution is 5.69. The normalized spacial score (nSPS) is 11.2. The van der Waals surface area contributed by atoms with Crippen LogP contribution in [0.5, 0.6) is 0 Å². The summed E-state index contributed by atoms with van der Waals surface area (Å²) in [6, 6.07) is 0. The van der Waals surface area contributed by atoms with E-state index in [1.165, 1.54) is 20.1 Å². The third-order valence-corrected chi connectivity index (χ3v) is 2.83. The predicted molar refractivity (Wildman–Crippen MR) is 69.0 cm³/mol. The van der Waals surface area contributed by atoms with Crippen molar-refractivity contribution in [2.75, 3.05) is 5.84 Å². The van der Waals surface area contributed by atoms with Gasteiger partial charge in [-0.05, 0) is 12.8 Å². The summed E-state index contributed by atoms with van der Waals surface area (Å²) in [7, 11) is 0. The number of nitrogens with two attached hydrogens (primary N) is 1. The van der Waals surface area contributed by atoms with E-state index < -0.39 is 0 Å². The minimum atomic E-state index is -0.367. The molecule has 0 bridgehead atoms. The van der Waals surface area contributed by atoms with E-state index in [0.717, 1.165) is 12.8 Å². The molecule has 7 nitrogen and oxygen atoms in total. The number of rotatable bonds is 4. The summed E-state index contributed by atoms with van der Waals surface area (Å²) in [6.07, 6.45) is 2.86. The first-order valence-corrected chi connectivity index (χ1v) is 6.07. The summed E-state index contributed by atoms with van der Waals surface area (Å²) in [4.78, 5) is 28.4. The lowest BCUT2D eigenvalue weighted by molar-refractivity contribution is 0.552. The molecule has 18 heavy (non-hydrogen) atoms. The first-order valence-electron chi connectivity index (χ1n) is 6.07. The van der Waals surface area contributed by atoms with Crippen molar-refractivity contribution < 1.29 is 0 Å². The van der Waals surface area contributed by atoms with E-state index in [1.54, 1.807) is 0 Å². The van der Waals surface area contributed by atoms with Gasteiger partial charge in [0.2, 0.25) is 0 Å². The second-order valence-electron chi connectivity index (χ2n) is 4.22. The molecule has 0 aliphatic heterocycles. The Morgan fingerprint density at radius 2 is 1.78 bits per heavy atom. The maximum Gasteiger partial charge on any atom is 0.332 e. The van der Waals surface area contributed by atoms with Gasteiger partial charge in [-0.1, -0.05) is 13.8 Å². The first kappa shape index (κ1) is 12.4. The van der Waals surface area contributed by atoms with Crippen molar-refractivity contribution in [1.29, 1.82) is 0 Å². The molecular weight excluding hydrogens is 234 g/mol. The van der Waals surface area contributed by atoms with Gasteiger partial charge in [0.05, 0.1) is 0 Å². The highest BCUT2D eigenvalue weighted by Gasteiger charge is 2.16. The minimum absolute atomic E-state index is 0.249. The van der Waals surface area contributed by atoms with Crippen LogP contribution in [0.15, 0.2) is 15.9 Å². The third kappa shape index (κ3) is 1.71. The molecule has 0 spiro atoms. The zero-order valence-electron chi connectivity index (χ0n) is 10.6. The summed E-state index contributed by atoms with van der Waals surface area (Å²) in [5.41, 5.74) is -0.0463. The van der Waals surface area contributed by atoms with Gasteiger partial charge in [0.15, 0.2) is 11.2 Å². The quantitative estimate of drug-likeness (QED) is 0.768. The molecule has 0 saturated carbocycles. The van der Waals surface area contributed by atoms with Gasteiger partial charge in [-0.25, -0.2) is 14.5 Å². The molecular formula is C11H17N5O2. The van der Waals surface area contributed by atoms with Crippen LogP contribution in [0.4, 0.5) is 0 Å². The number of imidazole rings is 1. The number of nitrogens with zero attached hydrogens (tertiary/aromatic N) is 4. The largest absolute Gasteiger partial charge is 0.336 e. The van der Waals surface area contributed by atoms with Gasteiger partial charge < -0.3 is 5.84 Å². The maximum atomic E-state index is 12.3. The zero-order valence-corrected chi connectivity index (χ0v) is 10.6. The average molecular weight is 251 g/mol. The Morgan fingerprint density at radius 3 is 2.39 bits per heavy atom. The monoisotopic (exact) mass is 251 g/mol. The lowest BCUT2D eigenvalue weighted by Crippen LogP contribution is -2.40. The van der Waals surface area contributed by atoms with Crippen LogP contribution in [0, 0.1) is 0 Å². The minimum Gasteiger partial charge on any atom is -0.336 e. The van der Waals surface area contributed by atoms with Crippen molar-refractivity contribution in [2.24, 2.45) is 0 Å². The van der Waals surface area contributed by atoms with Gasteiger partial charge >= 0.3 is 5.69 Å². The molecule has 7 heteroatoms. The maximum absolute atomic E-state index is 12.3. The van der Waals surface area contributed by atoms with Crippen LogP contribution in [-0.2, 0) is 13.1 Å². The van der Waals surface area contributed by atoms with Gasteiger partial charge in [-0.2, -0.15) is 0 Å². The lowest BCUT2D eigenvalue weighted by Gasteiger charge is -2.11. The Balaban J connectivity index is 2.89. The SMILES string of the molecule is CCCn1c(=O)c2ncn(N)c2n(CCC)c1=O. The van der Waals surface area contributed by atoms with Gasteiger partial charge in [0.25, 0.3) is 5.56 Å². The van der Waals surface area contributed by atoms with E-state index in [1.807, 2.05) is 13.8 Å². The van der Waals surface area contributed by atoms with Gasteiger partial charge in [-0.15, -0.1) is 0 Å². The lowest BCUT2D eigenvalue weighted by atomic mass is 10.4. The van der Waals surface area contributed by atoms with Crippen molar-refractivity contribution >= 4 is 11.2 Å². The summed E-state index contributed by atoms with van der Waals surface area (Å²) < 4.78 is 3.97. The molecule has 0 amide bonds. The molecule has 0 aliphatic rings. The average Bonchev–Trinajstić information content (AvgIpc) is 2.72. The highest BCUT2D eigenvalue weighted by atomic mass is 16.2. The Labute approximate surface area is 103 Å². The van der Waals surface area contributed by atoms with E-state index in [-0.39, 0.29) is 16.8 Å². The van der Waals surface area contributed by atoms with Gasteiger partial charge in [0, 0.05) is 13.1 Å². The fraction of sp³-hybridized carbons (Fsp3) is 0.545. The van der Waals surface area contributed by atoms with E-state index in [2.05, 4.69) is 4.98 Å². The summed E-state index contributed by atoms with van der Waals surface area (Å²) >= 11 is 0. The highest BCUT2D eigenvalue weighted by Crippen LogP contribution is 2.04. The number of fused-ring (bicyclic) bond motifs is 1. The molecule has 2 rings (SSSR count). The van der Waals surface area contributed by atoms with Crippen molar-refractivity contribution in [1.82, 2.24) is 18.8 Å². The summed E-state index contributed by atoms with van der Waals surface area (Å²) in [6.45, 7) is 4.80. The van der Waals surface area contributed by atoms with E-state index >= 15 is 0 Å². The van der Waals surface area contributed by atoms with E-state index in [9.17, 15) is 9.59 Å². The predicted octanol–water partition coefficient (Wildman–Crippen LogP) is -0.107. The molecule has 0 radical (unpaired) electrons. The number of aromatic nitrogens is 4. The molecule has 0 aliphatic carbocycles. The number of hydrogen-bond donors (Lipinski definition) is 1. The molecule has 0 atom stereocenters. The number of nitrogen functional groups attached to an aromatic ring is 1. The van der Waals surface area contributed by atoms with Crippen molar-refractivity contribution in [3.63, 3.8) is 0 Å². The summed E-state index contributed by atoms with van der Waals surface area (Å²) in [5.74, 6) is 5.72. The molecule has 0 saturated heterocycles. The molecule has 0 fully saturated rings. The molecule has 2 aromatic heterocycles. The first-order chi connectivity index (χ1) is 8.61. The van der Waals surface area contributed by atoms with Crippen molar-refractivity contribution in [3.05, 3.63) is 27.2 Å². The van der Waals surface area contributed by atoms with Crippen LogP contribution in [0.1, 0.15) is 26.7 Å². The smallest absolute Gasteiger partial charge is 0.332 e. The Morgan fingerprint density at radius 1 is 1.17 bits per heavy atom.